The average Bonchev–Trinajstić information content (AvgIpc) is 2.97. The summed E-state index contributed by atoms with van der Waals surface area (Å²) in [6.45, 7) is 1.19. The Bertz CT molecular complexity index is 769. The van der Waals surface area contributed by atoms with Gasteiger partial charge in [-0.15, -0.1) is 0 Å². The van der Waals surface area contributed by atoms with Crippen LogP contribution in [0.2, 0.25) is 0 Å². The molecule has 1 atom stereocenters. The van der Waals surface area contributed by atoms with E-state index in [1.807, 2.05) is 18.3 Å². The van der Waals surface area contributed by atoms with Crippen LogP contribution in [0.4, 0.5) is 0 Å². The third-order valence-corrected chi connectivity index (χ3v) is 6.17. The van der Waals surface area contributed by atoms with Crippen LogP contribution < -0.4 is 0 Å². The molecule has 1 aromatic carbocycles. The van der Waals surface area contributed by atoms with E-state index in [0.717, 1.165) is 23.7 Å². The molecular weight excluding hydrogens is 298 g/mol. The lowest BCUT2D eigenvalue weighted by Crippen LogP contribution is -2.38. The Balaban J connectivity index is 1.78. The molecule has 1 fully saturated rings. The predicted molar refractivity (Wildman–Crippen MR) is 87.7 cm³/mol. The molecule has 118 valence electrons. The Morgan fingerprint density at radius 2 is 2.05 bits per heavy atom. The number of hydrogen-bond donors (Lipinski definition) is 0. The monoisotopic (exact) mass is 319 g/mol. The van der Waals surface area contributed by atoms with E-state index in [9.17, 15) is 8.42 Å². The standard InChI is InChI=1S/C16H21N3O2S/c1-18(2)22(20,21)19-10-8-13(12-19)11-15-6-3-5-14-7-4-9-17-16(14)15/h3-7,9,13H,8,10-12H2,1-2H3/t13-/m0/s1. The van der Waals surface area contributed by atoms with Crippen molar-refractivity contribution in [3.8, 4) is 0 Å². The molecule has 2 aromatic rings. The molecule has 1 saturated heterocycles. The molecule has 0 spiro atoms. The molecule has 0 amide bonds. The zero-order valence-electron chi connectivity index (χ0n) is 12.9. The number of hydrogen-bond acceptors (Lipinski definition) is 3. The highest BCUT2D eigenvalue weighted by atomic mass is 32.2. The topological polar surface area (TPSA) is 53.5 Å². The zero-order chi connectivity index (χ0) is 15.7. The number of fused-ring (bicyclic) bond motifs is 1. The fraction of sp³-hybridized carbons (Fsp3) is 0.438. The summed E-state index contributed by atoms with van der Waals surface area (Å²) in [6, 6.07) is 10.2. The van der Waals surface area contributed by atoms with Crippen molar-refractivity contribution in [1.29, 1.82) is 0 Å². The summed E-state index contributed by atoms with van der Waals surface area (Å²) in [5.41, 5.74) is 2.23. The van der Waals surface area contributed by atoms with E-state index in [4.69, 9.17) is 0 Å². The van der Waals surface area contributed by atoms with E-state index < -0.39 is 10.2 Å². The molecule has 1 aliphatic heterocycles. The van der Waals surface area contributed by atoms with Gasteiger partial charge in [-0.3, -0.25) is 4.98 Å². The Hall–Kier alpha value is -1.50. The van der Waals surface area contributed by atoms with Crippen LogP contribution in [-0.4, -0.2) is 49.2 Å². The molecule has 0 radical (unpaired) electrons. The molecule has 1 aromatic heterocycles. The summed E-state index contributed by atoms with van der Waals surface area (Å²) in [5, 5.41) is 1.13. The number of nitrogens with zero attached hydrogens (tertiary/aromatic N) is 3. The van der Waals surface area contributed by atoms with Gasteiger partial charge in [-0.25, -0.2) is 0 Å². The van der Waals surface area contributed by atoms with Crippen LogP contribution in [0.5, 0.6) is 0 Å². The lowest BCUT2D eigenvalue weighted by atomic mass is 9.97. The van der Waals surface area contributed by atoms with Crippen molar-refractivity contribution in [1.82, 2.24) is 13.6 Å². The Kier molecular flexibility index (Phi) is 4.16. The minimum Gasteiger partial charge on any atom is -0.256 e. The van der Waals surface area contributed by atoms with Gasteiger partial charge in [-0.1, -0.05) is 24.3 Å². The molecule has 0 unspecified atom stereocenters. The summed E-state index contributed by atoms with van der Waals surface area (Å²) in [6.07, 6.45) is 3.58. The SMILES string of the molecule is CN(C)S(=O)(=O)N1CC[C@@H](Cc2cccc3cccnc23)C1. The second kappa shape index (κ2) is 5.95. The second-order valence-corrected chi connectivity index (χ2v) is 8.14. The molecule has 0 bridgehead atoms. The molecular formula is C16H21N3O2S. The molecule has 5 nitrogen and oxygen atoms in total. The average molecular weight is 319 g/mol. The number of pyridine rings is 1. The summed E-state index contributed by atoms with van der Waals surface area (Å²) < 4.78 is 27.2. The quantitative estimate of drug-likeness (QED) is 0.865. The van der Waals surface area contributed by atoms with Crippen LogP contribution in [-0.2, 0) is 16.6 Å². The lowest BCUT2D eigenvalue weighted by molar-refractivity contribution is 0.410. The highest BCUT2D eigenvalue weighted by Gasteiger charge is 2.32. The van der Waals surface area contributed by atoms with Gasteiger partial charge in [0.25, 0.3) is 10.2 Å². The van der Waals surface area contributed by atoms with Crippen LogP contribution in [0.3, 0.4) is 0 Å². The van der Waals surface area contributed by atoms with Gasteiger partial charge in [-0.05, 0) is 30.4 Å². The third kappa shape index (κ3) is 2.86. The normalized spacial score (nSPS) is 20.0. The molecule has 0 saturated carbocycles. The maximum atomic E-state index is 12.2. The lowest BCUT2D eigenvalue weighted by Gasteiger charge is -2.21. The first-order valence-electron chi connectivity index (χ1n) is 7.48. The van der Waals surface area contributed by atoms with E-state index in [-0.39, 0.29) is 0 Å². The Morgan fingerprint density at radius 1 is 1.27 bits per heavy atom. The van der Waals surface area contributed by atoms with Crippen LogP contribution in [0, 0.1) is 5.92 Å². The first-order chi connectivity index (χ1) is 10.5. The van der Waals surface area contributed by atoms with E-state index in [1.165, 1.54) is 9.87 Å². The number of para-hydroxylation sites is 1. The van der Waals surface area contributed by atoms with Gasteiger partial charge >= 0.3 is 0 Å². The summed E-state index contributed by atoms with van der Waals surface area (Å²) in [5.74, 6) is 0.349. The molecule has 1 aliphatic rings. The smallest absolute Gasteiger partial charge is 0.256 e. The number of benzene rings is 1. The molecule has 22 heavy (non-hydrogen) atoms. The molecule has 0 N–H and O–H groups in total. The van der Waals surface area contributed by atoms with Crippen molar-refractivity contribution in [2.45, 2.75) is 12.8 Å². The maximum Gasteiger partial charge on any atom is 0.281 e. The first-order valence-corrected chi connectivity index (χ1v) is 8.88. The highest BCUT2D eigenvalue weighted by Crippen LogP contribution is 2.26. The van der Waals surface area contributed by atoms with Crippen molar-refractivity contribution in [3.05, 3.63) is 42.1 Å². The highest BCUT2D eigenvalue weighted by molar-refractivity contribution is 7.86. The van der Waals surface area contributed by atoms with Gasteiger partial charge in [-0.2, -0.15) is 17.0 Å². The van der Waals surface area contributed by atoms with Gasteiger partial charge in [0.2, 0.25) is 0 Å². The van der Waals surface area contributed by atoms with Gasteiger partial charge in [0, 0.05) is 38.8 Å². The van der Waals surface area contributed by atoms with Gasteiger partial charge < -0.3 is 0 Å². The van der Waals surface area contributed by atoms with Gasteiger partial charge in [0.05, 0.1) is 5.52 Å². The van der Waals surface area contributed by atoms with Gasteiger partial charge in [0.15, 0.2) is 0 Å². The van der Waals surface area contributed by atoms with Crippen LogP contribution in [0.15, 0.2) is 36.5 Å². The van der Waals surface area contributed by atoms with Crippen LogP contribution in [0.1, 0.15) is 12.0 Å². The minimum absolute atomic E-state index is 0.349. The zero-order valence-corrected chi connectivity index (χ0v) is 13.8. The van der Waals surface area contributed by atoms with Crippen molar-refractivity contribution < 1.29 is 8.42 Å². The van der Waals surface area contributed by atoms with Crippen molar-refractivity contribution in [2.24, 2.45) is 5.92 Å². The molecule has 6 heteroatoms. The van der Waals surface area contributed by atoms with Crippen molar-refractivity contribution in [2.75, 3.05) is 27.2 Å². The molecule has 2 heterocycles. The first kappa shape index (κ1) is 15.4. The largest absolute Gasteiger partial charge is 0.281 e. The predicted octanol–water partition coefficient (Wildman–Crippen LogP) is 1.91. The summed E-state index contributed by atoms with van der Waals surface area (Å²) in [7, 11) is -0.132. The van der Waals surface area contributed by atoms with E-state index in [2.05, 4.69) is 23.2 Å². The Labute approximate surface area is 131 Å². The van der Waals surface area contributed by atoms with Gasteiger partial charge in [0.1, 0.15) is 0 Å². The van der Waals surface area contributed by atoms with Crippen LogP contribution >= 0.6 is 0 Å². The molecule has 0 aliphatic carbocycles. The fourth-order valence-corrected chi connectivity index (χ4v) is 4.24. The third-order valence-electron chi connectivity index (χ3n) is 4.26. The number of rotatable bonds is 4. The number of aromatic nitrogens is 1. The van der Waals surface area contributed by atoms with Crippen LogP contribution in [0.25, 0.3) is 10.9 Å². The Morgan fingerprint density at radius 3 is 2.82 bits per heavy atom. The van der Waals surface area contributed by atoms with E-state index in [0.29, 0.717) is 19.0 Å². The maximum absolute atomic E-state index is 12.2. The summed E-state index contributed by atoms with van der Waals surface area (Å²) >= 11 is 0. The minimum atomic E-state index is -3.29. The fourth-order valence-electron chi connectivity index (χ4n) is 3.05. The van der Waals surface area contributed by atoms with Crippen molar-refractivity contribution >= 4 is 21.1 Å². The van der Waals surface area contributed by atoms with Crippen molar-refractivity contribution in [3.63, 3.8) is 0 Å². The summed E-state index contributed by atoms with van der Waals surface area (Å²) in [4.78, 5) is 4.48. The van der Waals surface area contributed by atoms with E-state index in [1.54, 1.807) is 18.4 Å². The molecule has 3 rings (SSSR count). The second-order valence-electron chi connectivity index (χ2n) is 6.00. The van der Waals surface area contributed by atoms with E-state index >= 15 is 0 Å².